The van der Waals surface area contributed by atoms with Crippen LogP contribution in [0.15, 0.2) is 48.5 Å². The summed E-state index contributed by atoms with van der Waals surface area (Å²) in [6.07, 6.45) is 0.968. The summed E-state index contributed by atoms with van der Waals surface area (Å²) in [6, 6.07) is 14.7. The van der Waals surface area contributed by atoms with Crippen molar-refractivity contribution in [3.05, 3.63) is 59.7 Å². The van der Waals surface area contributed by atoms with E-state index in [1.807, 2.05) is 31.2 Å². The lowest BCUT2D eigenvalue weighted by atomic mass is 10.1. The summed E-state index contributed by atoms with van der Waals surface area (Å²) in [5, 5.41) is 2.80. The van der Waals surface area contributed by atoms with E-state index in [1.165, 1.54) is 5.56 Å². The first kappa shape index (κ1) is 20.3. The lowest BCUT2D eigenvalue weighted by molar-refractivity contribution is -0.150. The van der Waals surface area contributed by atoms with Gasteiger partial charge in [0.25, 0.3) is 5.91 Å². The molecule has 2 aromatic rings. The summed E-state index contributed by atoms with van der Waals surface area (Å²) >= 11 is 0. The number of carbonyl (C=O) groups excluding carboxylic acids is 2. The van der Waals surface area contributed by atoms with Gasteiger partial charge in [0.1, 0.15) is 11.5 Å². The zero-order valence-electron chi connectivity index (χ0n) is 15.9. The Kier molecular flexibility index (Phi) is 7.67. The lowest BCUT2D eigenvalue weighted by Gasteiger charge is -2.15. The second-order valence-electron chi connectivity index (χ2n) is 6.01. The number of methoxy groups -OCH3 is 1. The van der Waals surface area contributed by atoms with E-state index >= 15 is 0 Å². The van der Waals surface area contributed by atoms with E-state index in [-0.39, 0.29) is 25.2 Å². The highest BCUT2D eigenvalue weighted by atomic mass is 16.6. The Balaban J connectivity index is 1.71. The molecule has 0 fully saturated rings. The van der Waals surface area contributed by atoms with Crippen molar-refractivity contribution >= 4 is 11.9 Å². The van der Waals surface area contributed by atoms with Crippen molar-refractivity contribution in [3.8, 4) is 11.5 Å². The lowest BCUT2D eigenvalue weighted by Crippen LogP contribution is -2.31. The highest BCUT2D eigenvalue weighted by Crippen LogP contribution is 2.17. The molecule has 0 unspecified atom stereocenters. The van der Waals surface area contributed by atoms with Gasteiger partial charge in [0.15, 0.2) is 13.2 Å². The van der Waals surface area contributed by atoms with Gasteiger partial charge in [-0.1, -0.05) is 31.2 Å². The number of amides is 1. The van der Waals surface area contributed by atoms with E-state index in [4.69, 9.17) is 14.2 Å². The summed E-state index contributed by atoms with van der Waals surface area (Å²) in [7, 11) is 1.57. The number of benzene rings is 2. The number of ether oxygens (including phenoxy) is 3. The van der Waals surface area contributed by atoms with Crippen LogP contribution in [0.25, 0.3) is 0 Å². The zero-order chi connectivity index (χ0) is 19.6. The largest absolute Gasteiger partial charge is 0.497 e. The monoisotopic (exact) mass is 371 g/mol. The molecule has 144 valence electrons. The summed E-state index contributed by atoms with van der Waals surface area (Å²) in [4.78, 5) is 23.7. The average Bonchev–Trinajstić information content (AvgIpc) is 2.71. The van der Waals surface area contributed by atoms with E-state index < -0.39 is 5.97 Å². The van der Waals surface area contributed by atoms with E-state index in [0.717, 1.165) is 12.0 Å². The molecule has 0 radical (unpaired) electrons. The minimum Gasteiger partial charge on any atom is -0.497 e. The van der Waals surface area contributed by atoms with Gasteiger partial charge in [-0.25, -0.2) is 4.79 Å². The first-order chi connectivity index (χ1) is 13.0. The van der Waals surface area contributed by atoms with Crippen LogP contribution in [0.1, 0.15) is 31.0 Å². The van der Waals surface area contributed by atoms with E-state index in [0.29, 0.717) is 11.5 Å². The van der Waals surface area contributed by atoms with Crippen LogP contribution in [-0.4, -0.2) is 32.2 Å². The van der Waals surface area contributed by atoms with Crippen LogP contribution >= 0.6 is 0 Å². The highest BCUT2D eigenvalue weighted by Gasteiger charge is 2.12. The van der Waals surface area contributed by atoms with Crippen LogP contribution in [0.2, 0.25) is 0 Å². The fraction of sp³-hybridized carbons (Fsp3) is 0.333. The van der Waals surface area contributed by atoms with Crippen LogP contribution in [0.5, 0.6) is 11.5 Å². The van der Waals surface area contributed by atoms with Crippen molar-refractivity contribution in [1.29, 1.82) is 0 Å². The molecular formula is C21H25NO5. The molecule has 1 amide bonds. The number of hydrogen-bond donors (Lipinski definition) is 1. The van der Waals surface area contributed by atoms with Gasteiger partial charge in [-0.15, -0.1) is 0 Å². The molecule has 2 rings (SSSR count). The van der Waals surface area contributed by atoms with Crippen LogP contribution in [0, 0.1) is 0 Å². The summed E-state index contributed by atoms with van der Waals surface area (Å²) in [6.45, 7) is 3.36. The minimum atomic E-state index is -0.610. The standard InChI is InChI=1S/C21H25NO5/c1-4-16-5-7-17(8-6-16)15(2)22-20(23)13-27-21(24)14-26-19-11-9-18(25-3)10-12-19/h5-12,15H,4,13-14H2,1-3H3,(H,22,23)/t15-/m0/s1. The third-order valence-electron chi connectivity index (χ3n) is 4.05. The number of aryl methyl sites for hydroxylation is 1. The number of hydrogen-bond acceptors (Lipinski definition) is 5. The van der Waals surface area contributed by atoms with E-state index in [1.54, 1.807) is 31.4 Å². The second-order valence-corrected chi connectivity index (χ2v) is 6.01. The third-order valence-corrected chi connectivity index (χ3v) is 4.05. The Bertz CT molecular complexity index is 740. The Morgan fingerprint density at radius 3 is 2.19 bits per heavy atom. The van der Waals surface area contributed by atoms with Crippen LogP contribution < -0.4 is 14.8 Å². The Hall–Kier alpha value is -3.02. The van der Waals surface area contributed by atoms with E-state index in [9.17, 15) is 9.59 Å². The number of rotatable bonds is 9. The predicted molar refractivity (Wildman–Crippen MR) is 102 cm³/mol. The fourth-order valence-electron chi connectivity index (χ4n) is 2.41. The molecule has 0 saturated heterocycles. The molecule has 2 aromatic carbocycles. The Morgan fingerprint density at radius 1 is 0.963 bits per heavy atom. The molecule has 0 aliphatic carbocycles. The highest BCUT2D eigenvalue weighted by molar-refractivity contribution is 5.81. The number of esters is 1. The van der Waals surface area contributed by atoms with Crippen molar-refractivity contribution in [2.45, 2.75) is 26.3 Å². The van der Waals surface area contributed by atoms with Gasteiger partial charge < -0.3 is 19.5 Å². The quantitative estimate of drug-likeness (QED) is 0.686. The molecule has 6 nitrogen and oxygen atoms in total. The average molecular weight is 371 g/mol. The zero-order valence-corrected chi connectivity index (χ0v) is 15.9. The topological polar surface area (TPSA) is 73.9 Å². The normalized spacial score (nSPS) is 11.4. The van der Waals surface area contributed by atoms with Crippen molar-refractivity contribution in [3.63, 3.8) is 0 Å². The maximum absolute atomic E-state index is 12.0. The van der Waals surface area contributed by atoms with Crippen molar-refractivity contribution in [1.82, 2.24) is 5.32 Å². The van der Waals surface area contributed by atoms with Gasteiger partial charge in [0, 0.05) is 0 Å². The van der Waals surface area contributed by atoms with Gasteiger partial charge in [0.2, 0.25) is 0 Å². The Labute approximate surface area is 159 Å². The van der Waals surface area contributed by atoms with Crippen molar-refractivity contribution in [2.24, 2.45) is 0 Å². The molecule has 0 saturated carbocycles. The summed E-state index contributed by atoms with van der Waals surface area (Å²) in [5.74, 6) is 0.238. The van der Waals surface area contributed by atoms with Crippen molar-refractivity contribution in [2.75, 3.05) is 20.3 Å². The maximum Gasteiger partial charge on any atom is 0.344 e. The molecule has 0 heterocycles. The second kappa shape index (κ2) is 10.2. The van der Waals surface area contributed by atoms with Gasteiger partial charge in [-0.3, -0.25) is 4.79 Å². The first-order valence-electron chi connectivity index (χ1n) is 8.82. The molecule has 0 aromatic heterocycles. The molecule has 0 spiro atoms. The molecule has 0 bridgehead atoms. The molecular weight excluding hydrogens is 346 g/mol. The minimum absolute atomic E-state index is 0.169. The Morgan fingerprint density at radius 2 is 1.59 bits per heavy atom. The van der Waals surface area contributed by atoms with Crippen LogP contribution in [0.4, 0.5) is 0 Å². The predicted octanol–water partition coefficient (Wildman–Crippen LogP) is 3.06. The van der Waals surface area contributed by atoms with Crippen LogP contribution in [0.3, 0.4) is 0 Å². The summed E-state index contributed by atoms with van der Waals surface area (Å²) < 4.78 is 15.3. The molecule has 27 heavy (non-hydrogen) atoms. The SMILES string of the molecule is CCc1ccc([C@H](C)NC(=O)COC(=O)COc2ccc(OC)cc2)cc1. The van der Waals surface area contributed by atoms with Gasteiger partial charge in [0.05, 0.1) is 13.2 Å². The maximum atomic E-state index is 12.0. The fourth-order valence-corrected chi connectivity index (χ4v) is 2.41. The van der Waals surface area contributed by atoms with Gasteiger partial charge in [-0.05, 0) is 48.7 Å². The molecule has 6 heteroatoms. The number of carbonyl (C=O) groups is 2. The summed E-state index contributed by atoms with van der Waals surface area (Å²) in [5.41, 5.74) is 2.23. The smallest absolute Gasteiger partial charge is 0.344 e. The third kappa shape index (κ3) is 6.66. The number of nitrogens with one attached hydrogen (secondary N) is 1. The van der Waals surface area contributed by atoms with E-state index in [2.05, 4.69) is 12.2 Å². The van der Waals surface area contributed by atoms with Gasteiger partial charge >= 0.3 is 5.97 Å². The van der Waals surface area contributed by atoms with Crippen molar-refractivity contribution < 1.29 is 23.8 Å². The molecule has 0 aliphatic rings. The molecule has 1 atom stereocenters. The first-order valence-corrected chi connectivity index (χ1v) is 8.82. The molecule has 0 aliphatic heterocycles. The van der Waals surface area contributed by atoms with Gasteiger partial charge in [-0.2, -0.15) is 0 Å². The molecule has 1 N–H and O–H groups in total. The van der Waals surface area contributed by atoms with Crippen LogP contribution in [-0.2, 0) is 20.7 Å².